The zero-order valence-electron chi connectivity index (χ0n) is 24.0. The van der Waals surface area contributed by atoms with E-state index in [9.17, 15) is 4.79 Å². The molecule has 6 rings (SSSR count). The molecule has 0 unspecified atom stereocenters. The van der Waals surface area contributed by atoms with Crippen LogP contribution in [0.4, 0.5) is 0 Å². The summed E-state index contributed by atoms with van der Waals surface area (Å²) in [6.07, 6.45) is 6.77. The second-order valence-corrected chi connectivity index (χ2v) is 12.8. The molecule has 3 heterocycles. The average Bonchev–Trinajstić information content (AvgIpc) is 3.64. The van der Waals surface area contributed by atoms with Gasteiger partial charge < -0.3 is 23.7 Å². The molecule has 1 spiro atoms. The first kappa shape index (κ1) is 27.3. The largest absolute Gasteiger partial charge is 0.493 e. The van der Waals surface area contributed by atoms with Crippen molar-refractivity contribution >= 4 is 5.97 Å². The highest BCUT2D eigenvalue weighted by atomic mass is 16.6. The van der Waals surface area contributed by atoms with Crippen molar-refractivity contribution in [3.8, 4) is 11.5 Å². The molecular weight excluding hydrogens is 496 g/mol. The van der Waals surface area contributed by atoms with E-state index in [0.717, 1.165) is 95.4 Å². The van der Waals surface area contributed by atoms with Gasteiger partial charge >= 0.3 is 5.97 Å². The monoisotopic (exact) mass is 542 g/mol. The number of methoxy groups -OCH3 is 2. The minimum atomic E-state index is -0.0826. The third-order valence-corrected chi connectivity index (χ3v) is 10.4. The molecule has 0 aromatic heterocycles. The topological polar surface area (TPSA) is 73.0 Å². The number of carbonyl (C=O) groups excluding carboxylic acids is 1. The summed E-state index contributed by atoms with van der Waals surface area (Å²) in [6.45, 7) is 10.4. The van der Waals surface area contributed by atoms with Gasteiger partial charge in [0, 0.05) is 32.1 Å². The third-order valence-electron chi connectivity index (χ3n) is 10.4. The van der Waals surface area contributed by atoms with Crippen LogP contribution in [0.25, 0.3) is 0 Å². The first-order valence-electron chi connectivity index (χ1n) is 15.0. The number of rotatable bonds is 10. The molecule has 8 heteroatoms. The van der Waals surface area contributed by atoms with E-state index in [-0.39, 0.29) is 34.9 Å². The molecule has 0 N–H and O–H groups in total. The van der Waals surface area contributed by atoms with Gasteiger partial charge in [-0.05, 0) is 80.6 Å². The van der Waals surface area contributed by atoms with Crippen LogP contribution in [-0.2, 0) is 25.5 Å². The molecule has 6 atom stereocenters. The molecule has 5 fully saturated rings. The number of hydrogen-bond acceptors (Lipinski definition) is 8. The normalized spacial score (nSPS) is 35.9. The number of esters is 1. The summed E-state index contributed by atoms with van der Waals surface area (Å²) in [6, 6.07) is 6.14. The predicted octanol–water partition coefficient (Wildman–Crippen LogP) is 3.76. The van der Waals surface area contributed by atoms with E-state index < -0.39 is 0 Å². The van der Waals surface area contributed by atoms with E-state index in [1.54, 1.807) is 14.2 Å². The highest BCUT2D eigenvalue weighted by Crippen LogP contribution is 2.62. The lowest BCUT2D eigenvalue weighted by atomic mass is 9.53. The Morgan fingerprint density at radius 3 is 2.67 bits per heavy atom. The van der Waals surface area contributed by atoms with Crippen molar-refractivity contribution in [2.24, 2.45) is 23.2 Å². The minimum Gasteiger partial charge on any atom is -0.493 e. The lowest BCUT2D eigenvalue weighted by molar-refractivity contribution is -0.147. The molecule has 5 aliphatic rings. The second kappa shape index (κ2) is 11.2. The molecule has 39 heavy (non-hydrogen) atoms. The quantitative estimate of drug-likeness (QED) is 0.327. The molecular formula is C31H46N2O6. The van der Waals surface area contributed by atoms with Crippen LogP contribution in [0.1, 0.15) is 51.0 Å². The number of benzene rings is 1. The molecule has 0 bridgehead atoms. The van der Waals surface area contributed by atoms with Crippen molar-refractivity contribution in [2.75, 3.05) is 66.8 Å². The lowest BCUT2D eigenvalue weighted by Crippen LogP contribution is -2.51. The molecule has 3 aliphatic heterocycles. The Labute approximate surface area is 233 Å². The van der Waals surface area contributed by atoms with E-state index >= 15 is 0 Å². The molecule has 1 aromatic carbocycles. The maximum absolute atomic E-state index is 13.4. The van der Waals surface area contributed by atoms with E-state index in [1.807, 2.05) is 6.07 Å². The van der Waals surface area contributed by atoms with Crippen LogP contribution in [0.3, 0.4) is 0 Å². The fraction of sp³-hybridized carbons (Fsp3) is 0.774. The molecule has 1 aromatic rings. The predicted molar refractivity (Wildman–Crippen MR) is 147 cm³/mol. The van der Waals surface area contributed by atoms with E-state index in [2.05, 4.69) is 28.9 Å². The van der Waals surface area contributed by atoms with E-state index in [4.69, 9.17) is 23.7 Å². The Bertz CT molecular complexity index is 1020. The van der Waals surface area contributed by atoms with Gasteiger partial charge in [-0.25, -0.2) is 0 Å². The fourth-order valence-electron chi connectivity index (χ4n) is 8.26. The first-order chi connectivity index (χ1) is 18.9. The summed E-state index contributed by atoms with van der Waals surface area (Å²) < 4.78 is 28.8. The summed E-state index contributed by atoms with van der Waals surface area (Å²) in [5, 5.41) is 0. The molecule has 0 radical (unpaired) electrons. The van der Waals surface area contributed by atoms with Gasteiger partial charge in [0.15, 0.2) is 11.5 Å². The molecule has 2 aliphatic carbocycles. The summed E-state index contributed by atoms with van der Waals surface area (Å²) in [5.41, 5.74) is 1.46. The highest BCUT2D eigenvalue weighted by molar-refractivity contribution is 5.75. The van der Waals surface area contributed by atoms with Crippen molar-refractivity contribution in [3.63, 3.8) is 0 Å². The van der Waals surface area contributed by atoms with Crippen LogP contribution in [0.2, 0.25) is 0 Å². The smallest absolute Gasteiger partial charge is 0.310 e. The van der Waals surface area contributed by atoms with Crippen LogP contribution in [0.5, 0.6) is 11.5 Å². The van der Waals surface area contributed by atoms with Crippen molar-refractivity contribution in [1.82, 2.24) is 9.80 Å². The highest BCUT2D eigenvalue weighted by Gasteiger charge is 2.65. The second-order valence-electron chi connectivity index (χ2n) is 12.8. The van der Waals surface area contributed by atoms with Crippen LogP contribution < -0.4 is 9.47 Å². The molecule has 3 saturated heterocycles. The number of hydrogen-bond donors (Lipinski definition) is 0. The number of epoxide rings is 1. The van der Waals surface area contributed by atoms with Gasteiger partial charge in [0.25, 0.3) is 0 Å². The standard InChI is InChI=1S/C31H46N2O6/c1-30-8-4-9-31(21-38-31)28(30)17-23-24(29(34)39-27(23)18-30)20-33(11-5-10-32-12-14-37-15-13-32)19-22-6-7-25(35-2)26(16-22)36-3/h6-7,16,23-24,27-28H,4-5,8-15,17-21H2,1-3H3/t23-,24+,27+,28+,30+,31-/m0/s1. The Morgan fingerprint density at radius 1 is 1.13 bits per heavy atom. The van der Waals surface area contributed by atoms with Crippen molar-refractivity contribution in [1.29, 1.82) is 0 Å². The average molecular weight is 543 g/mol. The van der Waals surface area contributed by atoms with Gasteiger partial charge in [0.1, 0.15) is 6.10 Å². The number of carbonyl (C=O) groups is 1. The van der Waals surface area contributed by atoms with Crippen LogP contribution in [0.15, 0.2) is 18.2 Å². The fourth-order valence-corrected chi connectivity index (χ4v) is 8.26. The van der Waals surface area contributed by atoms with Crippen molar-refractivity contribution in [2.45, 2.75) is 63.7 Å². The SMILES string of the molecule is COc1ccc(CN(CCCN2CCOCC2)C[C@H]2C(=O)O[C@@H]3C[C@@]4(C)CCC[C@]5(CO5)[C@@H]4C[C@H]32)cc1OC. The number of nitrogens with zero attached hydrogens (tertiary/aromatic N) is 2. The summed E-state index contributed by atoms with van der Waals surface area (Å²) >= 11 is 0. The summed E-state index contributed by atoms with van der Waals surface area (Å²) in [7, 11) is 3.34. The lowest BCUT2D eigenvalue weighted by Gasteiger charge is -2.51. The van der Waals surface area contributed by atoms with Gasteiger partial charge in [-0.1, -0.05) is 13.0 Å². The van der Waals surface area contributed by atoms with Gasteiger partial charge in [0.05, 0.1) is 45.6 Å². The molecule has 8 nitrogen and oxygen atoms in total. The summed E-state index contributed by atoms with van der Waals surface area (Å²) in [5.74, 6) is 2.21. The number of morpholine rings is 1. The Balaban J connectivity index is 1.17. The van der Waals surface area contributed by atoms with Crippen molar-refractivity contribution in [3.05, 3.63) is 23.8 Å². The Hall–Kier alpha value is -1.87. The number of ether oxygens (including phenoxy) is 5. The maximum atomic E-state index is 13.4. The van der Waals surface area contributed by atoms with Gasteiger partial charge in [-0.3, -0.25) is 14.6 Å². The zero-order chi connectivity index (χ0) is 27.0. The Kier molecular flexibility index (Phi) is 7.83. The van der Waals surface area contributed by atoms with Gasteiger partial charge in [0.2, 0.25) is 0 Å². The van der Waals surface area contributed by atoms with Crippen molar-refractivity contribution < 1.29 is 28.5 Å². The molecule has 2 saturated carbocycles. The summed E-state index contributed by atoms with van der Waals surface area (Å²) in [4.78, 5) is 18.3. The van der Waals surface area contributed by atoms with Crippen LogP contribution in [-0.4, -0.2) is 94.2 Å². The molecule has 216 valence electrons. The van der Waals surface area contributed by atoms with Crippen LogP contribution in [0, 0.1) is 23.2 Å². The van der Waals surface area contributed by atoms with E-state index in [1.165, 1.54) is 19.3 Å². The minimum absolute atomic E-state index is 0.00324. The molecule has 0 amide bonds. The maximum Gasteiger partial charge on any atom is 0.310 e. The number of fused-ring (bicyclic) bond motifs is 3. The van der Waals surface area contributed by atoms with Gasteiger partial charge in [-0.15, -0.1) is 0 Å². The first-order valence-corrected chi connectivity index (χ1v) is 15.0. The Morgan fingerprint density at radius 2 is 1.92 bits per heavy atom. The van der Waals surface area contributed by atoms with E-state index in [0.29, 0.717) is 5.92 Å². The van der Waals surface area contributed by atoms with Crippen LogP contribution >= 0.6 is 0 Å². The third kappa shape index (κ3) is 5.54. The van der Waals surface area contributed by atoms with Gasteiger partial charge in [-0.2, -0.15) is 0 Å². The zero-order valence-corrected chi connectivity index (χ0v) is 24.0.